The van der Waals surface area contributed by atoms with Crippen LogP contribution in [0.15, 0.2) is 48.5 Å². The van der Waals surface area contributed by atoms with Crippen molar-refractivity contribution in [3.8, 4) is 5.75 Å². The molecule has 2 aromatic rings. The number of ether oxygens (including phenoxy) is 1. The number of carboxylic acid groups (broad SMARTS) is 1. The zero-order valence-corrected chi connectivity index (χ0v) is 17.9. The number of aliphatic hydroxyl groups excluding tert-OH is 1. The molecule has 0 radical (unpaired) electrons. The Morgan fingerprint density at radius 3 is 2.50 bits per heavy atom. The minimum atomic E-state index is -1.24. The Morgan fingerprint density at radius 1 is 1.19 bits per heavy atom. The molecule has 2 atom stereocenters. The van der Waals surface area contributed by atoms with Gasteiger partial charge in [-0.25, -0.2) is 0 Å². The van der Waals surface area contributed by atoms with Crippen LogP contribution in [0.1, 0.15) is 37.0 Å². The normalized spacial score (nSPS) is 12.7. The molecule has 0 saturated carbocycles. The molecule has 0 spiro atoms. The zero-order valence-electron chi connectivity index (χ0n) is 15.2. The summed E-state index contributed by atoms with van der Waals surface area (Å²) in [6.45, 7) is 1.70. The van der Waals surface area contributed by atoms with Gasteiger partial charge in [0, 0.05) is 5.02 Å². The topological polar surface area (TPSA) is 69.6 Å². The van der Waals surface area contributed by atoms with E-state index in [0.29, 0.717) is 23.1 Å². The predicted molar refractivity (Wildman–Crippen MR) is 95.5 cm³/mol. The van der Waals surface area contributed by atoms with Gasteiger partial charge in [-0.1, -0.05) is 42.8 Å². The van der Waals surface area contributed by atoms with Gasteiger partial charge in [-0.05, 0) is 60.6 Å². The van der Waals surface area contributed by atoms with E-state index in [1.165, 1.54) is 0 Å². The Balaban J connectivity index is 0.00000338. The molecule has 0 aliphatic rings. The van der Waals surface area contributed by atoms with Crippen molar-refractivity contribution >= 4 is 17.6 Å². The fourth-order valence-corrected chi connectivity index (χ4v) is 2.89. The minimum absolute atomic E-state index is 0. The van der Waals surface area contributed by atoms with E-state index in [9.17, 15) is 15.0 Å². The van der Waals surface area contributed by atoms with Crippen LogP contribution in [0, 0.1) is 5.92 Å². The maximum Gasteiger partial charge on any atom is 1.00 e. The Morgan fingerprint density at radius 2 is 1.88 bits per heavy atom. The number of carbonyl (C=O) groups excluding carboxylic acids is 1. The molecular formula is C20H22ClNaO4. The molecule has 6 heteroatoms. The van der Waals surface area contributed by atoms with Crippen molar-refractivity contribution < 1.29 is 49.3 Å². The Hall–Kier alpha value is -1.04. The largest absolute Gasteiger partial charge is 1.00 e. The number of benzene rings is 2. The summed E-state index contributed by atoms with van der Waals surface area (Å²) in [5.74, 6) is -0.322. The molecular weight excluding hydrogens is 363 g/mol. The zero-order chi connectivity index (χ0) is 18.2. The van der Waals surface area contributed by atoms with Crippen molar-refractivity contribution in [2.24, 2.45) is 5.92 Å². The number of halogens is 1. The summed E-state index contributed by atoms with van der Waals surface area (Å²) in [6.07, 6.45) is 1.93. The molecule has 2 aromatic carbocycles. The Kier molecular flexibility index (Phi) is 10.3. The maximum absolute atomic E-state index is 10.4. The molecule has 0 bridgehead atoms. The van der Waals surface area contributed by atoms with Crippen molar-refractivity contribution in [1.29, 1.82) is 0 Å². The molecule has 0 aliphatic heterocycles. The van der Waals surface area contributed by atoms with Crippen LogP contribution in [-0.4, -0.2) is 17.7 Å². The van der Waals surface area contributed by atoms with Gasteiger partial charge in [-0.2, -0.15) is 0 Å². The van der Waals surface area contributed by atoms with Crippen LogP contribution in [0.5, 0.6) is 5.75 Å². The first-order valence-corrected chi connectivity index (χ1v) is 8.67. The number of carboxylic acids is 1. The van der Waals surface area contributed by atoms with Crippen molar-refractivity contribution in [3.05, 3.63) is 64.7 Å². The number of rotatable bonds is 9. The third-order valence-electron chi connectivity index (χ3n) is 4.03. The smallest absolute Gasteiger partial charge is 0.546 e. The van der Waals surface area contributed by atoms with E-state index in [1.54, 1.807) is 24.3 Å². The molecule has 0 aliphatic carbocycles. The second kappa shape index (κ2) is 11.6. The fraction of sp³-hybridized carbons (Fsp3) is 0.350. The monoisotopic (exact) mass is 384 g/mol. The molecule has 0 saturated heterocycles. The summed E-state index contributed by atoms with van der Waals surface area (Å²) in [5.41, 5.74) is 1.99. The first kappa shape index (κ1) is 23.0. The third kappa shape index (κ3) is 8.11. The van der Waals surface area contributed by atoms with Gasteiger partial charge in [-0.3, -0.25) is 0 Å². The summed E-state index contributed by atoms with van der Waals surface area (Å²) in [5, 5.41) is 21.3. The van der Waals surface area contributed by atoms with E-state index in [0.717, 1.165) is 24.0 Å². The first-order chi connectivity index (χ1) is 11.9. The van der Waals surface area contributed by atoms with E-state index in [-0.39, 0.29) is 29.6 Å². The van der Waals surface area contributed by atoms with E-state index in [2.05, 4.69) is 6.92 Å². The van der Waals surface area contributed by atoms with Crippen LogP contribution < -0.4 is 39.4 Å². The van der Waals surface area contributed by atoms with Gasteiger partial charge < -0.3 is 19.7 Å². The molecule has 0 amide bonds. The van der Waals surface area contributed by atoms with Gasteiger partial charge >= 0.3 is 29.6 Å². The molecule has 0 fully saturated rings. The molecule has 2 rings (SSSR count). The van der Waals surface area contributed by atoms with Crippen LogP contribution in [0.25, 0.3) is 0 Å². The predicted octanol–water partition coefficient (Wildman–Crippen LogP) is 0.165. The van der Waals surface area contributed by atoms with Crippen molar-refractivity contribution in [2.75, 3.05) is 6.61 Å². The summed E-state index contributed by atoms with van der Waals surface area (Å²) in [7, 11) is 0. The van der Waals surface area contributed by atoms with Crippen LogP contribution in [0.4, 0.5) is 0 Å². The van der Waals surface area contributed by atoms with Gasteiger partial charge in [0.05, 0.1) is 12.1 Å². The summed E-state index contributed by atoms with van der Waals surface area (Å²) in [6, 6.07) is 14.7. The van der Waals surface area contributed by atoms with Gasteiger partial charge in [0.2, 0.25) is 0 Å². The standard InChI is InChI=1S/C20H23ClO4.Na/c1-14(5-10-19(22)16-3-2-4-17(21)12-16)11-15-6-8-18(9-7-15)25-13-20(23)24;/h2-4,6-9,12,14,19,22H,5,10-11,13H2,1H3,(H,23,24);/q;+1/p-1/t14-,19-;/m0./s1. The van der Waals surface area contributed by atoms with Gasteiger partial charge in [0.25, 0.3) is 0 Å². The van der Waals surface area contributed by atoms with Crippen LogP contribution in [-0.2, 0) is 11.2 Å². The van der Waals surface area contributed by atoms with Crippen molar-refractivity contribution in [3.63, 3.8) is 0 Å². The van der Waals surface area contributed by atoms with Gasteiger partial charge in [0.1, 0.15) is 12.4 Å². The van der Waals surface area contributed by atoms with Crippen molar-refractivity contribution in [1.82, 2.24) is 0 Å². The summed E-state index contributed by atoms with van der Waals surface area (Å²) < 4.78 is 5.06. The molecule has 4 nitrogen and oxygen atoms in total. The SMILES string of the molecule is C[C@@H](CC[C@H](O)c1cccc(Cl)c1)Cc1ccc(OCC(=O)[O-])cc1.[Na+]. The fourth-order valence-electron chi connectivity index (χ4n) is 2.69. The van der Waals surface area contributed by atoms with E-state index < -0.39 is 18.7 Å². The number of aliphatic hydroxyl groups is 1. The summed E-state index contributed by atoms with van der Waals surface area (Å²) in [4.78, 5) is 10.4. The van der Waals surface area contributed by atoms with Crippen molar-refractivity contribution in [2.45, 2.75) is 32.3 Å². The number of hydrogen-bond donors (Lipinski definition) is 1. The van der Waals surface area contributed by atoms with Gasteiger partial charge in [0.15, 0.2) is 0 Å². The van der Waals surface area contributed by atoms with Crippen LogP contribution in [0.3, 0.4) is 0 Å². The van der Waals surface area contributed by atoms with Crippen LogP contribution >= 0.6 is 11.6 Å². The second-order valence-electron chi connectivity index (χ2n) is 6.26. The molecule has 0 aromatic heterocycles. The average Bonchev–Trinajstić information content (AvgIpc) is 2.59. The maximum atomic E-state index is 10.4. The quantitative estimate of drug-likeness (QED) is 0.626. The molecule has 1 N–H and O–H groups in total. The number of hydrogen-bond acceptors (Lipinski definition) is 4. The molecule has 134 valence electrons. The first-order valence-electron chi connectivity index (χ1n) is 8.29. The second-order valence-corrected chi connectivity index (χ2v) is 6.70. The van der Waals surface area contributed by atoms with E-state index in [4.69, 9.17) is 16.3 Å². The number of carbonyl (C=O) groups is 1. The Labute approximate surface area is 181 Å². The van der Waals surface area contributed by atoms with E-state index >= 15 is 0 Å². The van der Waals surface area contributed by atoms with Gasteiger partial charge in [-0.15, -0.1) is 0 Å². The number of aliphatic carboxylic acids is 1. The summed E-state index contributed by atoms with van der Waals surface area (Å²) >= 11 is 5.95. The molecule has 26 heavy (non-hydrogen) atoms. The third-order valence-corrected chi connectivity index (χ3v) is 4.27. The minimum Gasteiger partial charge on any atom is -0.546 e. The van der Waals surface area contributed by atoms with E-state index in [1.807, 2.05) is 24.3 Å². The molecule has 0 unspecified atom stereocenters. The van der Waals surface area contributed by atoms with Crippen LogP contribution in [0.2, 0.25) is 5.02 Å². The Bertz CT molecular complexity index is 690. The molecule has 0 heterocycles. The average molecular weight is 385 g/mol.